The van der Waals surface area contributed by atoms with Gasteiger partial charge in [-0.3, -0.25) is 4.79 Å². The smallest absolute Gasteiger partial charge is 0.195 e. The lowest BCUT2D eigenvalue weighted by Crippen LogP contribution is -2.43. The normalized spacial score (nSPS) is 20.3. The molecule has 0 amide bonds. The molecule has 1 aliphatic rings. The van der Waals surface area contributed by atoms with Gasteiger partial charge in [0.05, 0.1) is 12.2 Å². The van der Waals surface area contributed by atoms with Crippen molar-refractivity contribution in [3.63, 3.8) is 0 Å². The number of nitrogens with one attached hydrogen (secondary N) is 1. The summed E-state index contributed by atoms with van der Waals surface area (Å²) in [6.45, 7) is 2.83. The van der Waals surface area contributed by atoms with E-state index in [-0.39, 0.29) is 11.1 Å². The molecule has 1 atom stereocenters. The molecule has 1 fully saturated rings. The fourth-order valence-electron chi connectivity index (χ4n) is 1.74. The summed E-state index contributed by atoms with van der Waals surface area (Å²) in [5, 5.41) is 2.97. The quantitative estimate of drug-likeness (QED) is 0.796. The van der Waals surface area contributed by atoms with Crippen molar-refractivity contribution in [2.24, 2.45) is 0 Å². The van der Waals surface area contributed by atoms with Gasteiger partial charge in [0.15, 0.2) is 17.4 Å². The number of morpholine rings is 1. The molecule has 2 rings (SSSR count). The van der Waals surface area contributed by atoms with Gasteiger partial charge in [-0.05, 0) is 18.6 Å². The number of aryl methyl sites for hydroxylation is 1. The summed E-state index contributed by atoms with van der Waals surface area (Å²) in [6, 6.07) is 2.69. The second-order valence-electron chi connectivity index (χ2n) is 3.99. The Morgan fingerprint density at radius 2 is 2.18 bits per heavy atom. The summed E-state index contributed by atoms with van der Waals surface area (Å²) in [5.74, 6) is -2.59. The van der Waals surface area contributed by atoms with Gasteiger partial charge in [0.25, 0.3) is 0 Å². The number of benzene rings is 1. The van der Waals surface area contributed by atoms with Gasteiger partial charge in [0, 0.05) is 13.1 Å². The van der Waals surface area contributed by atoms with Crippen LogP contribution in [0.1, 0.15) is 15.9 Å². The number of hydrogen-bond acceptors (Lipinski definition) is 3. The van der Waals surface area contributed by atoms with Gasteiger partial charge in [0.2, 0.25) is 0 Å². The maximum Gasteiger partial charge on any atom is 0.195 e. The molecule has 0 bridgehead atoms. The maximum atomic E-state index is 13.6. The molecular weight excluding hydrogens is 228 g/mol. The average Bonchev–Trinajstić information content (AvgIpc) is 2.36. The first-order chi connectivity index (χ1) is 8.11. The van der Waals surface area contributed by atoms with Crippen molar-refractivity contribution in [2.45, 2.75) is 13.0 Å². The standard InChI is InChI=1S/C12H13F2NO2/c1-7-2-3-8(11(14)10(7)13)12(16)9-6-15-4-5-17-9/h2-3,9,15H,4-6H2,1H3. The van der Waals surface area contributed by atoms with Crippen LogP contribution in [-0.2, 0) is 4.74 Å². The van der Waals surface area contributed by atoms with Crippen LogP contribution in [0.3, 0.4) is 0 Å². The third kappa shape index (κ3) is 2.35. The second-order valence-corrected chi connectivity index (χ2v) is 3.99. The summed E-state index contributed by atoms with van der Waals surface area (Å²) < 4.78 is 32.1. The number of hydrogen-bond donors (Lipinski definition) is 1. The molecule has 92 valence electrons. The van der Waals surface area contributed by atoms with Crippen molar-refractivity contribution < 1.29 is 18.3 Å². The molecule has 1 N–H and O–H groups in total. The van der Waals surface area contributed by atoms with Crippen molar-refractivity contribution in [3.05, 3.63) is 34.9 Å². The van der Waals surface area contributed by atoms with E-state index in [1.807, 2.05) is 0 Å². The van der Waals surface area contributed by atoms with Crippen LogP contribution >= 0.6 is 0 Å². The highest BCUT2D eigenvalue weighted by Crippen LogP contribution is 2.18. The minimum atomic E-state index is -1.09. The maximum absolute atomic E-state index is 13.6. The van der Waals surface area contributed by atoms with Gasteiger partial charge in [-0.2, -0.15) is 0 Å². The van der Waals surface area contributed by atoms with Crippen LogP contribution in [0.5, 0.6) is 0 Å². The van der Waals surface area contributed by atoms with Gasteiger partial charge in [-0.1, -0.05) is 6.07 Å². The summed E-state index contributed by atoms with van der Waals surface area (Å²) in [7, 11) is 0. The summed E-state index contributed by atoms with van der Waals surface area (Å²) in [4.78, 5) is 11.9. The monoisotopic (exact) mass is 241 g/mol. The minimum Gasteiger partial charge on any atom is -0.367 e. The van der Waals surface area contributed by atoms with Gasteiger partial charge in [-0.15, -0.1) is 0 Å². The predicted molar refractivity (Wildman–Crippen MR) is 58.0 cm³/mol. The Balaban J connectivity index is 2.27. The first-order valence-electron chi connectivity index (χ1n) is 5.42. The Labute approximate surface area is 97.8 Å². The molecule has 0 saturated carbocycles. The third-order valence-corrected chi connectivity index (χ3v) is 2.76. The molecule has 1 aromatic rings. The van der Waals surface area contributed by atoms with Gasteiger partial charge in [-0.25, -0.2) is 8.78 Å². The van der Waals surface area contributed by atoms with E-state index in [4.69, 9.17) is 4.74 Å². The van der Waals surface area contributed by atoms with Crippen molar-refractivity contribution in [1.82, 2.24) is 5.32 Å². The Hall–Kier alpha value is -1.33. The van der Waals surface area contributed by atoms with Crippen molar-refractivity contribution in [1.29, 1.82) is 0 Å². The van der Waals surface area contributed by atoms with E-state index in [9.17, 15) is 13.6 Å². The zero-order valence-electron chi connectivity index (χ0n) is 9.43. The topological polar surface area (TPSA) is 38.3 Å². The van der Waals surface area contributed by atoms with Crippen LogP contribution in [0.25, 0.3) is 0 Å². The molecule has 0 aromatic heterocycles. The highest BCUT2D eigenvalue weighted by molar-refractivity contribution is 6.00. The van der Waals surface area contributed by atoms with E-state index in [0.29, 0.717) is 19.7 Å². The Morgan fingerprint density at radius 1 is 1.41 bits per heavy atom. The van der Waals surface area contributed by atoms with Crippen molar-refractivity contribution in [2.75, 3.05) is 19.7 Å². The molecule has 1 saturated heterocycles. The molecule has 1 heterocycles. The predicted octanol–water partition coefficient (Wildman–Crippen LogP) is 1.44. The molecule has 1 unspecified atom stereocenters. The number of halogens is 2. The van der Waals surface area contributed by atoms with Gasteiger partial charge in [0.1, 0.15) is 6.10 Å². The highest BCUT2D eigenvalue weighted by atomic mass is 19.2. The number of carbonyl (C=O) groups is 1. The number of rotatable bonds is 2. The summed E-state index contributed by atoms with van der Waals surface area (Å²) in [6.07, 6.45) is -0.736. The SMILES string of the molecule is Cc1ccc(C(=O)C2CNCCO2)c(F)c1F. The third-order valence-electron chi connectivity index (χ3n) is 2.76. The van der Waals surface area contributed by atoms with Gasteiger partial charge < -0.3 is 10.1 Å². The molecule has 3 nitrogen and oxygen atoms in total. The molecule has 0 radical (unpaired) electrons. The fraction of sp³-hybridized carbons (Fsp3) is 0.417. The Morgan fingerprint density at radius 3 is 2.82 bits per heavy atom. The average molecular weight is 241 g/mol. The highest BCUT2D eigenvalue weighted by Gasteiger charge is 2.26. The van der Waals surface area contributed by atoms with E-state index in [0.717, 1.165) is 0 Å². The first-order valence-corrected chi connectivity index (χ1v) is 5.42. The van der Waals surface area contributed by atoms with Crippen molar-refractivity contribution in [3.8, 4) is 0 Å². The Bertz CT molecular complexity index is 442. The molecule has 1 aromatic carbocycles. The van der Waals surface area contributed by atoms with Crippen molar-refractivity contribution >= 4 is 5.78 Å². The lowest BCUT2D eigenvalue weighted by atomic mass is 10.0. The minimum absolute atomic E-state index is 0.182. The number of ketones is 1. The molecule has 0 aliphatic carbocycles. The molecule has 5 heteroatoms. The summed E-state index contributed by atoms with van der Waals surface area (Å²) >= 11 is 0. The van der Waals surface area contributed by atoms with E-state index in [1.54, 1.807) is 0 Å². The molecular formula is C12H13F2NO2. The molecule has 17 heavy (non-hydrogen) atoms. The van der Waals surface area contributed by atoms with E-state index in [2.05, 4.69) is 5.32 Å². The van der Waals surface area contributed by atoms with E-state index < -0.39 is 23.5 Å². The van der Waals surface area contributed by atoms with Crippen LogP contribution in [-0.4, -0.2) is 31.6 Å². The lowest BCUT2D eigenvalue weighted by Gasteiger charge is -2.22. The van der Waals surface area contributed by atoms with Crippen LogP contribution in [0.4, 0.5) is 8.78 Å². The Kier molecular flexibility index (Phi) is 3.49. The van der Waals surface area contributed by atoms with Crippen LogP contribution in [0.2, 0.25) is 0 Å². The van der Waals surface area contributed by atoms with Crippen LogP contribution in [0, 0.1) is 18.6 Å². The molecule has 0 spiro atoms. The largest absolute Gasteiger partial charge is 0.367 e. The zero-order valence-corrected chi connectivity index (χ0v) is 9.43. The number of carbonyl (C=O) groups excluding carboxylic acids is 1. The summed E-state index contributed by atoms with van der Waals surface area (Å²) in [5.41, 5.74) is -0.0662. The van der Waals surface area contributed by atoms with E-state index in [1.165, 1.54) is 19.1 Å². The zero-order chi connectivity index (χ0) is 12.4. The fourth-order valence-corrected chi connectivity index (χ4v) is 1.74. The number of Topliss-reactive ketones (excluding diaryl/α,β-unsaturated/α-hetero) is 1. The second kappa shape index (κ2) is 4.89. The number of ether oxygens (including phenoxy) is 1. The first kappa shape index (κ1) is 12.1. The van der Waals surface area contributed by atoms with Gasteiger partial charge >= 0.3 is 0 Å². The lowest BCUT2D eigenvalue weighted by molar-refractivity contribution is 0.0265. The van der Waals surface area contributed by atoms with E-state index >= 15 is 0 Å². The van der Waals surface area contributed by atoms with Crippen LogP contribution < -0.4 is 5.32 Å². The molecule has 1 aliphatic heterocycles. The van der Waals surface area contributed by atoms with Crippen LogP contribution in [0.15, 0.2) is 12.1 Å².